The molecule has 0 bridgehead atoms. The Morgan fingerprint density at radius 1 is 1.27 bits per heavy atom. The molecule has 1 heterocycles. The molecule has 1 nitrogen and oxygen atoms in total. The highest BCUT2D eigenvalue weighted by Crippen LogP contribution is 2.27. The van der Waals surface area contributed by atoms with Crippen molar-refractivity contribution in [3.63, 3.8) is 0 Å². The third-order valence-electron chi connectivity index (χ3n) is 2.06. The molecule has 0 aromatic carbocycles. The molecule has 0 aliphatic carbocycles. The second-order valence-corrected chi connectivity index (χ2v) is 3.18. The van der Waals surface area contributed by atoms with Crippen molar-refractivity contribution in [2.24, 2.45) is 5.92 Å². The Morgan fingerprint density at radius 3 is 2.27 bits per heavy atom. The monoisotopic (exact) mass is 167 g/mol. The lowest BCUT2D eigenvalue weighted by Crippen LogP contribution is -2.47. The molecule has 1 aliphatic heterocycles. The smallest absolute Gasteiger partial charge is 0.306 e. The number of alkyl halides is 3. The van der Waals surface area contributed by atoms with E-state index in [1.807, 2.05) is 6.92 Å². The molecule has 4 heteroatoms. The molecule has 1 unspecified atom stereocenters. The summed E-state index contributed by atoms with van der Waals surface area (Å²) in [5, 5.41) is 2.48. The lowest BCUT2D eigenvalue weighted by atomic mass is 9.96. The average molecular weight is 167 g/mol. The molecular formula is C7H12F3N. The van der Waals surface area contributed by atoms with Gasteiger partial charge in [0.1, 0.15) is 6.04 Å². The van der Waals surface area contributed by atoms with Gasteiger partial charge in [-0.05, 0) is 25.3 Å². The first kappa shape index (κ1) is 8.84. The van der Waals surface area contributed by atoms with E-state index in [9.17, 15) is 13.2 Å². The van der Waals surface area contributed by atoms with Crippen molar-refractivity contribution < 1.29 is 13.2 Å². The maximum atomic E-state index is 12.0. The van der Waals surface area contributed by atoms with Gasteiger partial charge in [0.15, 0.2) is 0 Å². The van der Waals surface area contributed by atoms with Gasteiger partial charge in [0.2, 0.25) is 0 Å². The quantitative estimate of drug-likeness (QED) is 0.581. The summed E-state index contributed by atoms with van der Waals surface area (Å²) in [6.45, 7) is 2.45. The fourth-order valence-electron chi connectivity index (χ4n) is 1.28. The number of hydrogen-bond acceptors (Lipinski definition) is 1. The Kier molecular flexibility index (Phi) is 2.42. The van der Waals surface area contributed by atoms with Crippen LogP contribution in [0.2, 0.25) is 0 Å². The molecule has 2 atom stereocenters. The first-order valence-corrected chi connectivity index (χ1v) is 3.80. The van der Waals surface area contributed by atoms with Crippen LogP contribution in [0.25, 0.3) is 0 Å². The first-order valence-electron chi connectivity index (χ1n) is 3.80. The van der Waals surface area contributed by atoms with E-state index < -0.39 is 12.2 Å². The van der Waals surface area contributed by atoms with Crippen molar-refractivity contribution in [3.8, 4) is 0 Å². The van der Waals surface area contributed by atoms with Crippen molar-refractivity contribution >= 4 is 0 Å². The van der Waals surface area contributed by atoms with Gasteiger partial charge in [-0.25, -0.2) is 0 Å². The van der Waals surface area contributed by atoms with Gasteiger partial charge in [0.05, 0.1) is 0 Å². The summed E-state index contributed by atoms with van der Waals surface area (Å²) in [4.78, 5) is 0. The Labute approximate surface area is 64.0 Å². The number of piperidine rings is 1. The highest BCUT2D eigenvalue weighted by atomic mass is 19.4. The maximum absolute atomic E-state index is 12.0. The first-order chi connectivity index (χ1) is 5.00. The van der Waals surface area contributed by atoms with Gasteiger partial charge in [-0.1, -0.05) is 6.92 Å². The predicted molar refractivity (Wildman–Crippen MR) is 36.2 cm³/mol. The summed E-state index contributed by atoms with van der Waals surface area (Å²) in [6, 6.07) is -1.27. The lowest BCUT2D eigenvalue weighted by molar-refractivity contribution is -0.161. The van der Waals surface area contributed by atoms with E-state index in [-0.39, 0.29) is 6.42 Å². The summed E-state index contributed by atoms with van der Waals surface area (Å²) >= 11 is 0. The summed E-state index contributed by atoms with van der Waals surface area (Å²) in [7, 11) is 0. The molecule has 0 radical (unpaired) electrons. The van der Waals surface area contributed by atoms with Crippen molar-refractivity contribution in [3.05, 3.63) is 0 Å². The van der Waals surface area contributed by atoms with Crippen LogP contribution >= 0.6 is 0 Å². The van der Waals surface area contributed by atoms with Crippen LogP contribution in [0.4, 0.5) is 13.2 Å². The zero-order valence-corrected chi connectivity index (χ0v) is 6.41. The van der Waals surface area contributed by atoms with Crippen LogP contribution in [0.1, 0.15) is 19.8 Å². The van der Waals surface area contributed by atoms with E-state index in [4.69, 9.17) is 0 Å². The Hall–Kier alpha value is -0.250. The van der Waals surface area contributed by atoms with Gasteiger partial charge in [0, 0.05) is 0 Å². The average Bonchev–Trinajstić information content (AvgIpc) is 1.86. The van der Waals surface area contributed by atoms with E-state index >= 15 is 0 Å². The number of hydrogen-bond donors (Lipinski definition) is 1. The van der Waals surface area contributed by atoms with Crippen LogP contribution in [0, 0.1) is 5.92 Å². The van der Waals surface area contributed by atoms with Crippen molar-refractivity contribution in [1.29, 1.82) is 0 Å². The highest BCUT2D eigenvalue weighted by Gasteiger charge is 2.40. The molecule has 1 saturated heterocycles. The minimum absolute atomic E-state index is 0.227. The van der Waals surface area contributed by atoms with Crippen molar-refractivity contribution in [2.75, 3.05) is 6.54 Å². The molecular weight excluding hydrogens is 155 g/mol. The fraction of sp³-hybridized carbons (Fsp3) is 1.00. The third kappa shape index (κ3) is 2.36. The van der Waals surface area contributed by atoms with E-state index in [0.717, 1.165) is 0 Å². The molecule has 66 valence electrons. The molecule has 0 saturated carbocycles. The van der Waals surface area contributed by atoms with Crippen LogP contribution < -0.4 is 5.32 Å². The van der Waals surface area contributed by atoms with Gasteiger partial charge < -0.3 is 5.32 Å². The lowest BCUT2D eigenvalue weighted by Gasteiger charge is -2.29. The van der Waals surface area contributed by atoms with Gasteiger partial charge >= 0.3 is 6.18 Å². The van der Waals surface area contributed by atoms with Crippen LogP contribution in [-0.2, 0) is 0 Å². The molecule has 0 amide bonds. The van der Waals surface area contributed by atoms with Gasteiger partial charge in [0.25, 0.3) is 0 Å². The molecule has 1 aliphatic rings. The maximum Gasteiger partial charge on any atom is 0.403 e. The highest BCUT2D eigenvalue weighted by molar-refractivity contribution is 4.81. The molecule has 1 N–H and O–H groups in total. The number of halogens is 3. The molecule has 1 fully saturated rings. The minimum Gasteiger partial charge on any atom is -0.306 e. The number of nitrogens with one attached hydrogen (secondary N) is 1. The zero-order chi connectivity index (χ0) is 8.48. The van der Waals surface area contributed by atoms with E-state index in [1.165, 1.54) is 0 Å². The Bertz CT molecular complexity index is 124. The Balaban J connectivity index is 2.39. The second-order valence-electron chi connectivity index (χ2n) is 3.18. The standard InChI is InChI=1S/C7H12F3N/c1-5-2-3-6(11-4-5)7(8,9)10/h5-6,11H,2-4H2,1H3/t5?,6-/m0/s1. The van der Waals surface area contributed by atoms with E-state index in [0.29, 0.717) is 18.9 Å². The second kappa shape index (κ2) is 3.01. The van der Waals surface area contributed by atoms with Gasteiger partial charge in [-0.15, -0.1) is 0 Å². The minimum atomic E-state index is -4.06. The fourth-order valence-corrected chi connectivity index (χ4v) is 1.28. The van der Waals surface area contributed by atoms with Crippen LogP contribution in [-0.4, -0.2) is 18.8 Å². The summed E-state index contributed by atoms with van der Waals surface area (Å²) < 4.78 is 36.0. The molecule has 11 heavy (non-hydrogen) atoms. The topological polar surface area (TPSA) is 12.0 Å². The number of rotatable bonds is 0. The molecule has 0 aromatic rings. The SMILES string of the molecule is CC1CC[C@@H](C(F)(F)F)NC1. The largest absolute Gasteiger partial charge is 0.403 e. The van der Waals surface area contributed by atoms with E-state index in [2.05, 4.69) is 5.32 Å². The predicted octanol–water partition coefficient (Wildman–Crippen LogP) is 1.94. The molecule has 0 spiro atoms. The zero-order valence-electron chi connectivity index (χ0n) is 6.41. The third-order valence-corrected chi connectivity index (χ3v) is 2.06. The van der Waals surface area contributed by atoms with Crippen molar-refractivity contribution in [2.45, 2.75) is 32.0 Å². The normalized spacial score (nSPS) is 33.8. The van der Waals surface area contributed by atoms with Crippen LogP contribution in [0.3, 0.4) is 0 Å². The summed E-state index contributed by atoms with van der Waals surface area (Å²) in [5.41, 5.74) is 0. The van der Waals surface area contributed by atoms with Crippen molar-refractivity contribution in [1.82, 2.24) is 5.32 Å². The van der Waals surface area contributed by atoms with E-state index in [1.54, 1.807) is 0 Å². The van der Waals surface area contributed by atoms with Crippen LogP contribution in [0.5, 0.6) is 0 Å². The van der Waals surface area contributed by atoms with Crippen LogP contribution in [0.15, 0.2) is 0 Å². The molecule has 0 aromatic heterocycles. The summed E-state index contributed by atoms with van der Waals surface area (Å²) in [6.07, 6.45) is -3.15. The van der Waals surface area contributed by atoms with Gasteiger partial charge in [-0.2, -0.15) is 13.2 Å². The Morgan fingerprint density at radius 2 is 1.91 bits per heavy atom. The summed E-state index contributed by atoms with van der Waals surface area (Å²) in [5.74, 6) is 0.383. The van der Waals surface area contributed by atoms with Gasteiger partial charge in [-0.3, -0.25) is 0 Å². The molecule has 1 rings (SSSR count).